The predicted molar refractivity (Wildman–Crippen MR) is 95.8 cm³/mol. The van der Waals surface area contributed by atoms with Gasteiger partial charge in [-0.25, -0.2) is 0 Å². The molecule has 2 N–H and O–H groups in total. The average Bonchev–Trinajstić information content (AvgIpc) is 3.17. The van der Waals surface area contributed by atoms with E-state index in [0.29, 0.717) is 31.3 Å². The van der Waals surface area contributed by atoms with Crippen molar-refractivity contribution in [2.45, 2.75) is 26.6 Å². The van der Waals surface area contributed by atoms with E-state index < -0.39 is 0 Å². The number of rotatable bonds is 6. The predicted octanol–water partition coefficient (Wildman–Crippen LogP) is 1.69. The minimum absolute atomic E-state index is 0. The molecule has 3 aromatic rings. The van der Waals surface area contributed by atoms with Gasteiger partial charge in [0.25, 0.3) is 0 Å². The van der Waals surface area contributed by atoms with Gasteiger partial charge in [0, 0.05) is 19.2 Å². The number of aryl methyl sites for hydroxylation is 1. The first-order valence-electron chi connectivity index (χ1n) is 7.72. The summed E-state index contributed by atoms with van der Waals surface area (Å²) >= 11 is 0. The van der Waals surface area contributed by atoms with Crippen molar-refractivity contribution >= 4 is 12.4 Å². The van der Waals surface area contributed by atoms with E-state index in [4.69, 9.17) is 10.3 Å². The smallest absolute Gasteiger partial charge is 0.241 e. The first kappa shape index (κ1) is 19.0. The summed E-state index contributed by atoms with van der Waals surface area (Å²) in [6, 6.07) is 7.83. The molecule has 0 aliphatic carbocycles. The lowest BCUT2D eigenvalue weighted by Crippen LogP contribution is -2.20. The first-order valence-corrected chi connectivity index (χ1v) is 7.72. The molecule has 0 fully saturated rings. The fourth-order valence-electron chi connectivity index (χ4n) is 2.34. The van der Waals surface area contributed by atoms with Crippen molar-refractivity contribution in [3.05, 3.63) is 47.4 Å². The highest BCUT2D eigenvalue weighted by atomic mass is 35.5. The van der Waals surface area contributed by atoms with E-state index in [2.05, 4.69) is 25.2 Å². The SMILES string of the molecule is Cc1nnc(CN(C)Cc2nc(-c3ccc(CN)cc3)no2)n1C.Cl. The third kappa shape index (κ3) is 4.41. The molecule has 0 unspecified atom stereocenters. The quantitative estimate of drug-likeness (QED) is 0.711. The van der Waals surface area contributed by atoms with Gasteiger partial charge in [-0.3, -0.25) is 4.90 Å². The molecule has 8 nitrogen and oxygen atoms in total. The molecule has 0 spiro atoms. The summed E-state index contributed by atoms with van der Waals surface area (Å²) in [5.41, 5.74) is 7.59. The maximum Gasteiger partial charge on any atom is 0.241 e. The number of nitrogens with two attached hydrogens (primary N) is 1. The summed E-state index contributed by atoms with van der Waals surface area (Å²) in [6.07, 6.45) is 0. The Morgan fingerprint density at radius 1 is 1.16 bits per heavy atom. The third-order valence-corrected chi connectivity index (χ3v) is 3.92. The molecule has 3 rings (SSSR count). The van der Waals surface area contributed by atoms with E-state index in [1.807, 2.05) is 49.9 Å². The second-order valence-electron chi connectivity index (χ2n) is 5.81. The lowest BCUT2D eigenvalue weighted by molar-refractivity contribution is 0.254. The largest absolute Gasteiger partial charge is 0.338 e. The van der Waals surface area contributed by atoms with Gasteiger partial charge in [-0.2, -0.15) is 4.98 Å². The van der Waals surface area contributed by atoms with Crippen LogP contribution in [0.15, 0.2) is 28.8 Å². The van der Waals surface area contributed by atoms with E-state index in [9.17, 15) is 0 Å². The van der Waals surface area contributed by atoms with Crippen LogP contribution >= 0.6 is 12.4 Å². The monoisotopic (exact) mass is 363 g/mol. The fraction of sp³-hybridized carbons (Fsp3) is 0.375. The van der Waals surface area contributed by atoms with Crippen molar-refractivity contribution in [2.75, 3.05) is 7.05 Å². The molecule has 2 heterocycles. The van der Waals surface area contributed by atoms with Crippen LogP contribution in [-0.4, -0.2) is 36.9 Å². The zero-order valence-corrected chi connectivity index (χ0v) is 15.3. The van der Waals surface area contributed by atoms with Crippen molar-refractivity contribution in [1.82, 2.24) is 29.8 Å². The zero-order chi connectivity index (χ0) is 17.1. The van der Waals surface area contributed by atoms with Crippen LogP contribution in [0, 0.1) is 6.92 Å². The maximum absolute atomic E-state index is 5.61. The minimum Gasteiger partial charge on any atom is -0.338 e. The minimum atomic E-state index is 0. The Bertz CT molecular complexity index is 812. The maximum atomic E-state index is 5.61. The van der Waals surface area contributed by atoms with Gasteiger partial charge in [-0.1, -0.05) is 29.4 Å². The summed E-state index contributed by atoms with van der Waals surface area (Å²) < 4.78 is 7.32. The van der Waals surface area contributed by atoms with Gasteiger partial charge in [-0.05, 0) is 19.5 Å². The standard InChI is InChI=1S/C16H21N7O.ClH/c1-11-19-20-14(23(11)3)9-22(2)10-15-18-16(21-24-15)13-6-4-12(8-17)5-7-13;/h4-7H,8-10,17H2,1-3H3;1H. The fourth-order valence-corrected chi connectivity index (χ4v) is 2.34. The molecule has 0 atom stereocenters. The molecule has 25 heavy (non-hydrogen) atoms. The van der Waals surface area contributed by atoms with Gasteiger partial charge in [0.2, 0.25) is 11.7 Å². The molecule has 1 aromatic carbocycles. The number of hydrogen-bond donors (Lipinski definition) is 1. The lowest BCUT2D eigenvalue weighted by Gasteiger charge is -2.13. The summed E-state index contributed by atoms with van der Waals surface area (Å²) in [4.78, 5) is 6.51. The van der Waals surface area contributed by atoms with Crippen LogP contribution in [0.25, 0.3) is 11.4 Å². The summed E-state index contributed by atoms with van der Waals surface area (Å²) in [6.45, 7) is 3.64. The van der Waals surface area contributed by atoms with Crippen LogP contribution in [0.3, 0.4) is 0 Å². The van der Waals surface area contributed by atoms with Crippen molar-refractivity contribution < 1.29 is 4.52 Å². The Morgan fingerprint density at radius 2 is 1.88 bits per heavy atom. The van der Waals surface area contributed by atoms with Crippen molar-refractivity contribution in [1.29, 1.82) is 0 Å². The highest BCUT2D eigenvalue weighted by Gasteiger charge is 2.13. The highest BCUT2D eigenvalue weighted by molar-refractivity contribution is 5.85. The molecule has 134 valence electrons. The molecule has 9 heteroatoms. The molecule has 0 amide bonds. The topological polar surface area (TPSA) is 98.9 Å². The summed E-state index contributed by atoms with van der Waals surface area (Å²) in [5, 5.41) is 12.3. The number of aromatic nitrogens is 5. The van der Waals surface area contributed by atoms with E-state index in [0.717, 1.165) is 22.8 Å². The molecule has 0 aliphatic rings. The van der Waals surface area contributed by atoms with Gasteiger partial charge in [0.05, 0.1) is 13.1 Å². The number of hydrogen-bond acceptors (Lipinski definition) is 7. The third-order valence-electron chi connectivity index (χ3n) is 3.92. The molecule has 0 radical (unpaired) electrons. The van der Waals surface area contributed by atoms with Crippen LogP contribution in [-0.2, 0) is 26.7 Å². The lowest BCUT2D eigenvalue weighted by atomic mass is 10.1. The van der Waals surface area contributed by atoms with Gasteiger partial charge in [0.1, 0.15) is 11.6 Å². The molecular weight excluding hydrogens is 342 g/mol. The van der Waals surface area contributed by atoms with Gasteiger partial charge < -0.3 is 14.8 Å². The number of halogens is 1. The summed E-state index contributed by atoms with van der Waals surface area (Å²) in [5.74, 6) is 2.93. The Kier molecular flexibility index (Phi) is 6.24. The van der Waals surface area contributed by atoms with E-state index in [1.54, 1.807) is 0 Å². The molecule has 2 aromatic heterocycles. The van der Waals surface area contributed by atoms with Crippen molar-refractivity contribution in [3.63, 3.8) is 0 Å². The molecule has 0 bridgehead atoms. The van der Waals surface area contributed by atoms with Crippen molar-refractivity contribution in [3.8, 4) is 11.4 Å². The molecule has 0 saturated carbocycles. The van der Waals surface area contributed by atoms with Gasteiger partial charge in [-0.15, -0.1) is 22.6 Å². The number of nitrogens with zero attached hydrogens (tertiary/aromatic N) is 6. The highest BCUT2D eigenvalue weighted by Crippen LogP contribution is 2.17. The van der Waals surface area contributed by atoms with E-state index in [-0.39, 0.29) is 12.4 Å². The van der Waals surface area contributed by atoms with Crippen LogP contribution < -0.4 is 5.73 Å². The van der Waals surface area contributed by atoms with Crippen LogP contribution in [0.1, 0.15) is 23.1 Å². The van der Waals surface area contributed by atoms with Crippen molar-refractivity contribution in [2.24, 2.45) is 12.8 Å². The molecular formula is C16H22ClN7O. The summed E-state index contributed by atoms with van der Waals surface area (Å²) in [7, 11) is 3.93. The number of benzene rings is 1. The Balaban J connectivity index is 0.00000225. The van der Waals surface area contributed by atoms with Gasteiger partial charge in [0.15, 0.2) is 0 Å². The Hall–Kier alpha value is -2.29. The Labute approximate surface area is 152 Å². The second-order valence-corrected chi connectivity index (χ2v) is 5.81. The van der Waals surface area contributed by atoms with Crippen LogP contribution in [0.5, 0.6) is 0 Å². The van der Waals surface area contributed by atoms with Crippen LogP contribution in [0.2, 0.25) is 0 Å². The van der Waals surface area contributed by atoms with E-state index in [1.165, 1.54) is 0 Å². The molecule has 0 saturated heterocycles. The zero-order valence-electron chi connectivity index (χ0n) is 14.5. The van der Waals surface area contributed by atoms with E-state index >= 15 is 0 Å². The average molecular weight is 364 g/mol. The second kappa shape index (κ2) is 8.19. The van der Waals surface area contributed by atoms with Gasteiger partial charge >= 0.3 is 0 Å². The Morgan fingerprint density at radius 3 is 2.48 bits per heavy atom. The molecule has 0 aliphatic heterocycles. The van der Waals surface area contributed by atoms with Crippen LogP contribution in [0.4, 0.5) is 0 Å². The first-order chi connectivity index (χ1) is 11.6. The normalized spacial score (nSPS) is 10.9.